The lowest BCUT2D eigenvalue weighted by atomic mass is 10.2. The Morgan fingerprint density at radius 3 is 3.20 bits per heavy atom. The molecule has 1 heterocycles. The topological polar surface area (TPSA) is 28.7 Å². The SMILES string of the molecule is [CH]c1ccc2[nH]ncc2c1. The number of aromatic nitrogens is 2. The van der Waals surface area contributed by atoms with Gasteiger partial charge in [0.05, 0.1) is 11.7 Å². The smallest absolute Gasteiger partial charge is 0.0650 e. The van der Waals surface area contributed by atoms with E-state index in [0.717, 1.165) is 16.5 Å². The molecule has 10 heavy (non-hydrogen) atoms. The standard InChI is InChI=1S/C8H6N2/c1-6-2-3-8-7(4-6)5-9-10-8/h1-5H,(H,9,10). The summed E-state index contributed by atoms with van der Waals surface area (Å²) in [6.07, 6.45) is 1.76. The third kappa shape index (κ3) is 0.692. The second-order valence-electron chi connectivity index (χ2n) is 2.22. The third-order valence-electron chi connectivity index (χ3n) is 1.46. The summed E-state index contributed by atoms with van der Waals surface area (Å²) in [4.78, 5) is 0. The summed E-state index contributed by atoms with van der Waals surface area (Å²) in [7, 11) is 0. The summed E-state index contributed by atoms with van der Waals surface area (Å²) in [6.45, 7) is 5.54. The largest absolute Gasteiger partial charge is 0.278 e. The first-order valence-corrected chi connectivity index (χ1v) is 3.05. The van der Waals surface area contributed by atoms with E-state index < -0.39 is 0 Å². The molecular weight excluding hydrogens is 124 g/mol. The summed E-state index contributed by atoms with van der Waals surface area (Å²) < 4.78 is 0. The first-order valence-electron chi connectivity index (χ1n) is 3.05. The van der Waals surface area contributed by atoms with Crippen molar-refractivity contribution in [2.75, 3.05) is 0 Å². The molecule has 1 N–H and O–H groups in total. The van der Waals surface area contributed by atoms with E-state index in [4.69, 9.17) is 6.92 Å². The average Bonchev–Trinajstić information content (AvgIpc) is 2.33. The lowest BCUT2D eigenvalue weighted by molar-refractivity contribution is 1.12. The Bertz CT molecular complexity index is 349. The minimum atomic E-state index is 0.772. The van der Waals surface area contributed by atoms with Crippen LogP contribution in [0.25, 0.3) is 10.9 Å². The maximum Gasteiger partial charge on any atom is 0.0650 e. The van der Waals surface area contributed by atoms with E-state index in [-0.39, 0.29) is 0 Å². The Kier molecular flexibility index (Phi) is 1.01. The Labute approximate surface area is 58.9 Å². The van der Waals surface area contributed by atoms with E-state index in [2.05, 4.69) is 10.2 Å². The van der Waals surface area contributed by atoms with Gasteiger partial charge in [0.2, 0.25) is 0 Å². The number of hydrogen-bond donors (Lipinski definition) is 1. The monoisotopic (exact) mass is 130 g/mol. The van der Waals surface area contributed by atoms with Crippen molar-refractivity contribution < 1.29 is 0 Å². The molecule has 2 rings (SSSR count). The van der Waals surface area contributed by atoms with Gasteiger partial charge in [-0.3, -0.25) is 5.10 Å². The molecule has 0 spiro atoms. The van der Waals surface area contributed by atoms with Gasteiger partial charge in [0.1, 0.15) is 0 Å². The molecule has 2 aromatic rings. The summed E-state index contributed by atoms with van der Waals surface area (Å²) in [5, 5.41) is 7.76. The molecule has 48 valence electrons. The summed E-state index contributed by atoms with van der Waals surface area (Å²) >= 11 is 0. The second-order valence-corrected chi connectivity index (χ2v) is 2.22. The van der Waals surface area contributed by atoms with Gasteiger partial charge < -0.3 is 0 Å². The van der Waals surface area contributed by atoms with Gasteiger partial charge in [-0.05, 0) is 24.6 Å². The highest BCUT2D eigenvalue weighted by Crippen LogP contribution is 2.11. The quantitative estimate of drug-likeness (QED) is 0.576. The van der Waals surface area contributed by atoms with E-state index >= 15 is 0 Å². The van der Waals surface area contributed by atoms with Gasteiger partial charge in [-0.25, -0.2) is 0 Å². The van der Waals surface area contributed by atoms with Crippen LogP contribution in [0.3, 0.4) is 0 Å². The van der Waals surface area contributed by atoms with Crippen molar-refractivity contribution in [3.8, 4) is 0 Å². The van der Waals surface area contributed by atoms with Crippen LogP contribution in [0.1, 0.15) is 5.56 Å². The van der Waals surface area contributed by atoms with Gasteiger partial charge in [0.25, 0.3) is 0 Å². The van der Waals surface area contributed by atoms with Gasteiger partial charge in [0, 0.05) is 5.39 Å². The van der Waals surface area contributed by atoms with Crippen molar-refractivity contribution in [1.82, 2.24) is 10.2 Å². The molecule has 0 saturated carbocycles. The lowest BCUT2D eigenvalue weighted by Gasteiger charge is -1.88. The minimum absolute atomic E-state index is 0.772. The number of rotatable bonds is 0. The van der Waals surface area contributed by atoms with Crippen LogP contribution in [0.4, 0.5) is 0 Å². The summed E-state index contributed by atoms with van der Waals surface area (Å²) in [5.41, 5.74) is 1.79. The lowest BCUT2D eigenvalue weighted by Crippen LogP contribution is -1.70. The predicted molar refractivity (Wildman–Crippen MR) is 39.5 cm³/mol. The minimum Gasteiger partial charge on any atom is -0.278 e. The fraction of sp³-hybridized carbons (Fsp3) is 0. The van der Waals surface area contributed by atoms with E-state index in [0.29, 0.717) is 0 Å². The van der Waals surface area contributed by atoms with Crippen LogP contribution in [0, 0.1) is 6.92 Å². The van der Waals surface area contributed by atoms with E-state index in [1.165, 1.54) is 0 Å². The van der Waals surface area contributed by atoms with Crippen LogP contribution < -0.4 is 0 Å². The highest BCUT2D eigenvalue weighted by Gasteiger charge is 1.92. The molecule has 0 amide bonds. The number of benzene rings is 1. The molecular formula is C8H6N2. The first-order chi connectivity index (χ1) is 4.86. The zero-order valence-electron chi connectivity index (χ0n) is 5.33. The molecule has 0 aliphatic rings. The maximum absolute atomic E-state index is 5.54. The molecule has 0 bridgehead atoms. The van der Waals surface area contributed by atoms with E-state index in [1.54, 1.807) is 6.20 Å². The van der Waals surface area contributed by atoms with Crippen molar-refractivity contribution in [2.45, 2.75) is 0 Å². The molecule has 0 unspecified atom stereocenters. The molecule has 2 radical (unpaired) electrons. The van der Waals surface area contributed by atoms with E-state index in [1.807, 2.05) is 18.2 Å². The summed E-state index contributed by atoms with van der Waals surface area (Å²) in [5.74, 6) is 0. The molecule has 0 atom stereocenters. The molecule has 1 aromatic carbocycles. The highest BCUT2D eigenvalue weighted by molar-refractivity contribution is 5.78. The van der Waals surface area contributed by atoms with Crippen LogP contribution in [-0.2, 0) is 0 Å². The molecule has 0 aliphatic heterocycles. The van der Waals surface area contributed by atoms with Crippen LogP contribution in [0.5, 0.6) is 0 Å². The number of H-pyrrole nitrogens is 1. The van der Waals surface area contributed by atoms with E-state index in [9.17, 15) is 0 Å². The number of hydrogen-bond acceptors (Lipinski definition) is 1. The number of fused-ring (bicyclic) bond motifs is 1. The predicted octanol–water partition coefficient (Wildman–Crippen LogP) is 1.62. The molecule has 0 fully saturated rings. The van der Waals surface area contributed by atoms with Crippen molar-refractivity contribution >= 4 is 10.9 Å². The Balaban J connectivity index is 2.86. The fourth-order valence-corrected chi connectivity index (χ4v) is 0.961. The molecule has 0 aliphatic carbocycles. The van der Waals surface area contributed by atoms with Crippen LogP contribution in [0.2, 0.25) is 0 Å². The van der Waals surface area contributed by atoms with Crippen LogP contribution >= 0.6 is 0 Å². The average molecular weight is 130 g/mol. The van der Waals surface area contributed by atoms with Gasteiger partial charge in [0.15, 0.2) is 0 Å². The number of aromatic amines is 1. The van der Waals surface area contributed by atoms with Crippen molar-refractivity contribution in [3.63, 3.8) is 0 Å². The van der Waals surface area contributed by atoms with Gasteiger partial charge in [-0.2, -0.15) is 5.10 Å². The molecule has 1 aromatic heterocycles. The molecule has 2 nitrogen and oxygen atoms in total. The Morgan fingerprint density at radius 1 is 1.40 bits per heavy atom. The van der Waals surface area contributed by atoms with Gasteiger partial charge >= 0.3 is 0 Å². The number of nitrogens with zero attached hydrogens (tertiary/aromatic N) is 1. The number of nitrogens with one attached hydrogen (secondary N) is 1. The fourth-order valence-electron chi connectivity index (χ4n) is 0.961. The first kappa shape index (κ1) is 5.47. The second kappa shape index (κ2) is 1.84. The summed E-state index contributed by atoms with van der Waals surface area (Å²) in [6, 6.07) is 5.65. The maximum atomic E-state index is 5.54. The molecule has 0 saturated heterocycles. The van der Waals surface area contributed by atoms with Gasteiger partial charge in [-0.15, -0.1) is 0 Å². The zero-order chi connectivity index (χ0) is 6.97. The van der Waals surface area contributed by atoms with Crippen LogP contribution in [0.15, 0.2) is 24.4 Å². The van der Waals surface area contributed by atoms with Crippen molar-refractivity contribution in [1.29, 1.82) is 0 Å². The zero-order valence-corrected chi connectivity index (χ0v) is 5.33. The highest BCUT2D eigenvalue weighted by atomic mass is 15.1. The molecule has 2 heteroatoms. The van der Waals surface area contributed by atoms with Crippen molar-refractivity contribution in [3.05, 3.63) is 36.9 Å². The van der Waals surface area contributed by atoms with Gasteiger partial charge in [-0.1, -0.05) is 6.07 Å². The Hall–Kier alpha value is -1.31. The Morgan fingerprint density at radius 2 is 2.30 bits per heavy atom. The van der Waals surface area contributed by atoms with Crippen molar-refractivity contribution in [2.24, 2.45) is 0 Å². The van der Waals surface area contributed by atoms with Crippen LogP contribution in [-0.4, -0.2) is 10.2 Å². The normalized spacial score (nSPS) is 10.5. The third-order valence-corrected chi connectivity index (χ3v) is 1.46.